The summed E-state index contributed by atoms with van der Waals surface area (Å²) >= 11 is 0. The first-order valence-corrected chi connectivity index (χ1v) is 5.35. The monoisotopic (exact) mass is 223 g/mol. The molecule has 1 saturated carbocycles. The van der Waals surface area contributed by atoms with Crippen LogP contribution >= 0.6 is 0 Å². The molecule has 0 N–H and O–H groups in total. The summed E-state index contributed by atoms with van der Waals surface area (Å²) in [6.45, 7) is 2.71. The molecule has 1 aliphatic carbocycles. The van der Waals surface area contributed by atoms with Gasteiger partial charge in [-0.25, -0.2) is 0 Å². The van der Waals surface area contributed by atoms with Crippen LogP contribution < -0.4 is 0 Å². The molecule has 0 aromatic heterocycles. The van der Waals surface area contributed by atoms with Crippen molar-refractivity contribution in [3.8, 4) is 0 Å². The molecule has 0 aromatic rings. The topological polar surface area (TPSA) is 12.5 Å². The molecule has 0 amide bonds. The van der Waals surface area contributed by atoms with Crippen molar-refractivity contribution in [1.82, 2.24) is 4.90 Å². The Balaban J connectivity index is 1.94. The van der Waals surface area contributed by atoms with Gasteiger partial charge in [-0.2, -0.15) is 13.2 Å². The summed E-state index contributed by atoms with van der Waals surface area (Å²) < 4.78 is 42.2. The number of rotatable bonds is 4. The predicted molar refractivity (Wildman–Crippen MR) is 49.6 cm³/mol. The van der Waals surface area contributed by atoms with Crippen molar-refractivity contribution < 1.29 is 17.9 Å². The van der Waals surface area contributed by atoms with Gasteiger partial charge in [0.2, 0.25) is 0 Å². The van der Waals surface area contributed by atoms with E-state index in [1.807, 2.05) is 6.92 Å². The van der Waals surface area contributed by atoms with Crippen LogP contribution in [0.3, 0.4) is 0 Å². The molecule has 3 rings (SSSR count). The molecule has 0 unspecified atom stereocenters. The molecule has 0 aromatic carbocycles. The van der Waals surface area contributed by atoms with E-state index in [4.69, 9.17) is 4.74 Å². The van der Waals surface area contributed by atoms with Crippen LogP contribution in [0.15, 0.2) is 0 Å². The number of halogens is 3. The molecule has 3 fully saturated rings. The first-order valence-electron chi connectivity index (χ1n) is 5.35. The fourth-order valence-electron chi connectivity index (χ4n) is 2.86. The van der Waals surface area contributed by atoms with Crippen LogP contribution in [-0.4, -0.2) is 42.9 Å². The van der Waals surface area contributed by atoms with Gasteiger partial charge in [0, 0.05) is 18.7 Å². The van der Waals surface area contributed by atoms with Gasteiger partial charge in [0.1, 0.15) is 0 Å². The number of ether oxygens (including phenoxy) is 1. The van der Waals surface area contributed by atoms with Gasteiger partial charge in [-0.15, -0.1) is 0 Å². The van der Waals surface area contributed by atoms with Crippen LogP contribution in [0.2, 0.25) is 0 Å². The first kappa shape index (κ1) is 11.2. The molecule has 2 nitrogen and oxygen atoms in total. The van der Waals surface area contributed by atoms with Crippen molar-refractivity contribution >= 4 is 0 Å². The van der Waals surface area contributed by atoms with E-state index in [9.17, 15) is 13.2 Å². The molecular weight excluding hydrogens is 207 g/mol. The van der Waals surface area contributed by atoms with Crippen LogP contribution in [-0.2, 0) is 4.74 Å². The van der Waals surface area contributed by atoms with Gasteiger partial charge >= 0.3 is 6.18 Å². The molecule has 3 aliphatic rings. The summed E-state index contributed by atoms with van der Waals surface area (Å²) in [7, 11) is 0. The highest BCUT2D eigenvalue weighted by molar-refractivity contribution is 5.10. The SMILES string of the molecule is CCOCC12CC(CN1CC(F)(F)F)C2. The predicted octanol–water partition coefficient (Wildman–Crippen LogP) is 2.05. The van der Waals surface area contributed by atoms with Crippen LogP contribution in [0.1, 0.15) is 19.8 Å². The number of alkyl halides is 3. The fraction of sp³-hybridized carbons (Fsp3) is 1.00. The van der Waals surface area contributed by atoms with Crippen LogP contribution in [0.5, 0.6) is 0 Å². The Morgan fingerprint density at radius 3 is 2.60 bits per heavy atom. The highest BCUT2D eigenvalue weighted by Gasteiger charge is 2.57. The molecule has 2 aliphatic heterocycles. The Bertz CT molecular complexity index is 235. The van der Waals surface area contributed by atoms with Crippen molar-refractivity contribution in [2.75, 3.05) is 26.3 Å². The fourth-order valence-corrected chi connectivity index (χ4v) is 2.86. The van der Waals surface area contributed by atoms with Crippen molar-refractivity contribution in [3.63, 3.8) is 0 Å². The van der Waals surface area contributed by atoms with E-state index in [0.717, 1.165) is 12.8 Å². The van der Waals surface area contributed by atoms with Crippen LogP contribution in [0.25, 0.3) is 0 Å². The van der Waals surface area contributed by atoms with Gasteiger partial charge in [0.05, 0.1) is 13.2 Å². The number of hydrogen-bond acceptors (Lipinski definition) is 2. The lowest BCUT2D eigenvalue weighted by Crippen LogP contribution is -2.52. The first-order chi connectivity index (χ1) is 6.95. The zero-order chi connectivity index (χ0) is 11.1. The number of hydrogen-bond donors (Lipinski definition) is 0. The Hall–Kier alpha value is -0.290. The van der Waals surface area contributed by atoms with Gasteiger partial charge in [-0.05, 0) is 25.7 Å². The van der Waals surface area contributed by atoms with E-state index in [2.05, 4.69) is 0 Å². The molecule has 5 heteroatoms. The highest BCUT2D eigenvalue weighted by Crippen LogP contribution is 2.51. The minimum Gasteiger partial charge on any atom is -0.380 e. The third-order valence-corrected chi connectivity index (χ3v) is 3.43. The van der Waals surface area contributed by atoms with E-state index in [1.165, 1.54) is 0 Å². The van der Waals surface area contributed by atoms with Gasteiger partial charge in [-0.3, -0.25) is 4.90 Å². The van der Waals surface area contributed by atoms with Crippen molar-refractivity contribution in [2.45, 2.75) is 31.5 Å². The summed E-state index contributed by atoms with van der Waals surface area (Å²) in [6, 6.07) is 0. The van der Waals surface area contributed by atoms with E-state index in [-0.39, 0.29) is 5.54 Å². The highest BCUT2D eigenvalue weighted by atomic mass is 19.4. The molecule has 0 radical (unpaired) electrons. The summed E-state index contributed by atoms with van der Waals surface area (Å²) in [5.41, 5.74) is -0.295. The smallest absolute Gasteiger partial charge is 0.380 e. The Morgan fingerprint density at radius 1 is 1.40 bits per heavy atom. The van der Waals surface area contributed by atoms with Gasteiger partial charge in [0.25, 0.3) is 0 Å². The lowest BCUT2D eigenvalue weighted by molar-refractivity contribution is -0.158. The molecule has 88 valence electrons. The standard InChI is InChI=1S/C10H16F3NO/c1-2-15-7-9-3-8(4-9)5-14(9)6-10(11,12)13/h8H,2-7H2,1H3. The zero-order valence-corrected chi connectivity index (χ0v) is 8.81. The van der Waals surface area contributed by atoms with Gasteiger partial charge in [0.15, 0.2) is 0 Å². The van der Waals surface area contributed by atoms with Gasteiger partial charge in [-0.1, -0.05) is 0 Å². The number of nitrogens with zero attached hydrogens (tertiary/aromatic N) is 1. The van der Waals surface area contributed by atoms with Crippen molar-refractivity contribution in [1.29, 1.82) is 0 Å². The lowest BCUT2D eigenvalue weighted by atomic mass is 9.74. The molecule has 15 heavy (non-hydrogen) atoms. The van der Waals surface area contributed by atoms with Gasteiger partial charge < -0.3 is 4.74 Å². The molecule has 0 spiro atoms. The summed E-state index contributed by atoms with van der Waals surface area (Å²) in [5, 5.41) is 0. The quantitative estimate of drug-likeness (QED) is 0.723. The normalized spacial score (nSPS) is 35.6. The largest absolute Gasteiger partial charge is 0.401 e. The van der Waals surface area contributed by atoms with E-state index in [0.29, 0.717) is 25.7 Å². The third-order valence-electron chi connectivity index (χ3n) is 3.43. The Kier molecular flexibility index (Phi) is 2.71. The van der Waals surface area contributed by atoms with E-state index in [1.54, 1.807) is 4.90 Å². The number of fused-ring (bicyclic) bond motifs is 1. The maximum atomic E-state index is 12.3. The molecule has 0 atom stereocenters. The minimum absolute atomic E-state index is 0.295. The van der Waals surface area contributed by atoms with E-state index < -0.39 is 12.7 Å². The second kappa shape index (κ2) is 3.63. The molecular formula is C10H16F3NO. The molecule has 2 bridgehead atoms. The minimum atomic E-state index is -4.09. The van der Waals surface area contributed by atoms with Crippen LogP contribution in [0, 0.1) is 5.92 Å². The average Bonchev–Trinajstić information content (AvgIpc) is 2.50. The summed E-state index contributed by atoms with van der Waals surface area (Å²) in [6.07, 6.45) is -2.33. The summed E-state index contributed by atoms with van der Waals surface area (Å²) in [4.78, 5) is 1.56. The Labute approximate surface area is 87.4 Å². The maximum Gasteiger partial charge on any atom is 0.401 e. The van der Waals surface area contributed by atoms with Crippen molar-refractivity contribution in [2.24, 2.45) is 5.92 Å². The lowest BCUT2D eigenvalue weighted by Gasteiger charge is -2.42. The van der Waals surface area contributed by atoms with Crippen LogP contribution in [0.4, 0.5) is 13.2 Å². The average molecular weight is 223 g/mol. The second-order valence-electron chi connectivity index (χ2n) is 4.63. The molecule has 2 heterocycles. The molecule has 2 saturated heterocycles. The van der Waals surface area contributed by atoms with E-state index >= 15 is 0 Å². The van der Waals surface area contributed by atoms with Crippen molar-refractivity contribution in [3.05, 3.63) is 0 Å². The zero-order valence-electron chi connectivity index (χ0n) is 8.81. The second-order valence-corrected chi connectivity index (χ2v) is 4.63. The summed E-state index contributed by atoms with van der Waals surface area (Å²) in [5.74, 6) is 0.466. The third kappa shape index (κ3) is 2.13. The Morgan fingerprint density at radius 2 is 2.07 bits per heavy atom. The maximum absolute atomic E-state index is 12.3.